The van der Waals surface area contributed by atoms with Crippen LogP contribution in [0.3, 0.4) is 0 Å². The SMILES string of the molecule is O=C(Nc1cc(Cl)ccc1Cl)c1ccc(C[NH+]2CCc3ccccc3C2)cc1. The quantitative estimate of drug-likeness (QED) is 0.655. The highest BCUT2D eigenvalue weighted by molar-refractivity contribution is 6.35. The van der Waals surface area contributed by atoms with Crippen LogP contribution in [0.25, 0.3) is 0 Å². The minimum absolute atomic E-state index is 0.199. The van der Waals surface area contributed by atoms with Crippen molar-refractivity contribution in [2.75, 3.05) is 11.9 Å². The summed E-state index contributed by atoms with van der Waals surface area (Å²) in [6.07, 6.45) is 1.12. The summed E-state index contributed by atoms with van der Waals surface area (Å²) in [5.41, 5.74) is 5.25. The summed E-state index contributed by atoms with van der Waals surface area (Å²) in [4.78, 5) is 14.0. The number of fused-ring (bicyclic) bond motifs is 1. The summed E-state index contributed by atoms with van der Waals surface area (Å²) in [5.74, 6) is -0.199. The van der Waals surface area contributed by atoms with Crippen LogP contribution in [0.5, 0.6) is 0 Å². The predicted octanol–water partition coefficient (Wildman–Crippen LogP) is 4.39. The Kier molecular flexibility index (Phi) is 5.67. The summed E-state index contributed by atoms with van der Waals surface area (Å²) in [6, 6.07) is 21.5. The van der Waals surface area contributed by atoms with Crippen LogP contribution in [-0.4, -0.2) is 12.5 Å². The summed E-state index contributed by atoms with van der Waals surface area (Å²) in [7, 11) is 0. The van der Waals surface area contributed by atoms with Gasteiger partial charge in [-0.15, -0.1) is 0 Å². The number of nitrogens with one attached hydrogen (secondary N) is 2. The zero-order valence-corrected chi connectivity index (χ0v) is 16.9. The number of rotatable bonds is 4. The van der Waals surface area contributed by atoms with E-state index in [1.165, 1.54) is 16.7 Å². The normalized spacial score (nSPS) is 15.7. The van der Waals surface area contributed by atoms with E-state index in [0.717, 1.165) is 26.1 Å². The third kappa shape index (κ3) is 4.39. The average molecular weight is 412 g/mol. The molecule has 1 aliphatic rings. The first-order valence-electron chi connectivity index (χ1n) is 9.34. The molecule has 0 saturated carbocycles. The second kappa shape index (κ2) is 8.36. The number of quaternary nitrogens is 1. The van der Waals surface area contributed by atoms with Gasteiger partial charge in [0, 0.05) is 28.1 Å². The van der Waals surface area contributed by atoms with Crippen LogP contribution in [0.1, 0.15) is 27.0 Å². The number of hydrogen-bond acceptors (Lipinski definition) is 1. The lowest BCUT2D eigenvalue weighted by Gasteiger charge is -2.26. The molecule has 0 saturated heterocycles. The van der Waals surface area contributed by atoms with Crippen molar-refractivity contribution < 1.29 is 9.69 Å². The Bertz CT molecular complexity index is 1000. The fourth-order valence-electron chi connectivity index (χ4n) is 3.64. The minimum atomic E-state index is -0.199. The van der Waals surface area contributed by atoms with Gasteiger partial charge >= 0.3 is 0 Å². The third-order valence-corrected chi connectivity index (χ3v) is 5.72. The van der Waals surface area contributed by atoms with Gasteiger partial charge in [0.1, 0.15) is 13.1 Å². The second-order valence-corrected chi connectivity index (χ2v) is 7.99. The number of carbonyl (C=O) groups is 1. The summed E-state index contributed by atoms with van der Waals surface area (Å²) >= 11 is 12.1. The van der Waals surface area contributed by atoms with E-state index in [1.54, 1.807) is 23.1 Å². The standard InChI is InChI=1S/C23H20Cl2N2O/c24-20-9-10-21(25)22(13-20)26-23(28)18-7-5-16(6-8-18)14-27-12-11-17-3-1-2-4-19(17)15-27/h1-10,13H,11-12,14-15H2,(H,26,28)/p+1. The molecular weight excluding hydrogens is 391 g/mol. The molecule has 1 unspecified atom stereocenters. The van der Waals surface area contributed by atoms with E-state index in [4.69, 9.17) is 23.2 Å². The predicted molar refractivity (Wildman–Crippen MR) is 114 cm³/mol. The van der Waals surface area contributed by atoms with Crippen molar-refractivity contribution in [1.29, 1.82) is 0 Å². The summed E-state index contributed by atoms with van der Waals surface area (Å²) in [5, 5.41) is 3.81. The molecule has 0 radical (unpaired) electrons. The molecule has 3 nitrogen and oxygen atoms in total. The molecule has 0 bridgehead atoms. The highest BCUT2D eigenvalue weighted by Crippen LogP contribution is 2.26. The topological polar surface area (TPSA) is 33.5 Å². The van der Waals surface area contributed by atoms with Crippen LogP contribution in [0, 0.1) is 0 Å². The molecule has 3 aromatic carbocycles. The van der Waals surface area contributed by atoms with Crippen molar-refractivity contribution in [2.45, 2.75) is 19.5 Å². The monoisotopic (exact) mass is 411 g/mol. The van der Waals surface area contributed by atoms with Gasteiger partial charge < -0.3 is 10.2 Å². The van der Waals surface area contributed by atoms with Crippen molar-refractivity contribution in [2.24, 2.45) is 0 Å². The minimum Gasteiger partial charge on any atom is -0.327 e. The molecule has 2 N–H and O–H groups in total. The van der Waals surface area contributed by atoms with Gasteiger partial charge in [0.2, 0.25) is 0 Å². The number of halogens is 2. The van der Waals surface area contributed by atoms with E-state index in [0.29, 0.717) is 21.3 Å². The lowest BCUT2D eigenvalue weighted by Crippen LogP contribution is -3.10. The fourth-order valence-corrected chi connectivity index (χ4v) is 3.98. The van der Waals surface area contributed by atoms with Crippen LogP contribution in [-0.2, 0) is 19.5 Å². The Morgan fingerprint density at radius 1 is 0.964 bits per heavy atom. The van der Waals surface area contributed by atoms with Gasteiger partial charge in [-0.2, -0.15) is 0 Å². The van der Waals surface area contributed by atoms with Crippen molar-refractivity contribution in [3.8, 4) is 0 Å². The maximum atomic E-state index is 12.5. The Hall–Kier alpha value is -2.33. The Labute approximate surface area is 174 Å². The number of benzene rings is 3. The van der Waals surface area contributed by atoms with Crippen molar-refractivity contribution in [3.63, 3.8) is 0 Å². The molecule has 0 fully saturated rings. The fraction of sp³-hybridized carbons (Fsp3) is 0.174. The van der Waals surface area contributed by atoms with Gasteiger partial charge in [-0.05, 0) is 35.9 Å². The first-order valence-corrected chi connectivity index (χ1v) is 10.1. The third-order valence-electron chi connectivity index (χ3n) is 5.15. The van der Waals surface area contributed by atoms with E-state index in [9.17, 15) is 4.79 Å². The molecule has 1 aliphatic heterocycles. The molecule has 28 heavy (non-hydrogen) atoms. The molecule has 1 amide bonds. The van der Waals surface area contributed by atoms with Gasteiger partial charge in [0.05, 0.1) is 17.3 Å². The largest absolute Gasteiger partial charge is 0.327 e. The first kappa shape index (κ1) is 19.0. The summed E-state index contributed by atoms with van der Waals surface area (Å²) in [6.45, 7) is 3.13. The Morgan fingerprint density at radius 3 is 2.50 bits per heavy atom. The molecule has 3 aromatic rings. The number of anilines is 1. The number of hydrogen-bond donors (Lipinski definition) is 2. The molecule has 1 atom stereocenters. The second-order valence-electron chi connectivity index (χ2n) is 7.15. The van der Waals surface area contributed by atoms with Crippen molar-refractivity contribution >= 4 is 34.8 Å². The van der Waals surface area contributed by atoms with Crippen LogP contribution in [0.15, 0.2) is 66.7 Å². The van der Waals surface area contributed by atoms with Crippen molar-refractivity contribution in [1.82, 2.24) is 0 Å². The van der Waals surface area contributed by atoms with Crippen LogP contribution < -0.4 is 10.2 Å². The van der Waals surface area contributed by atoms with Gasteiger partial charge in [-0.1, -0.05) is 59.6 Å². The average Bonchev–Trinajstić information content (AvgIpc) is 2.71. The van der Waals surface area contributed by atoms with E-state index in [-0.39, 0.29) is 5.91 Å². The van der Waals surface area contributed by atoms with Crippen molar-refractivity contribution in [3.05, 3.63) is 99.0 Å². The lowest BCUT2D eigenvalue weighted by molar-refractivity contribution is -0.929. The number of carbonyl (C=O) groups excluding carboxylic acids is 1. The van der Waals surface area contributed by atoms with Crippen LogP contribution in [0.2, 0.25) is 10.0 Å². The molecule has 4 rings (SSSR count). The molecule has 142 valence electrons. The van der Waals surface area contributed by atoms with Gasteiger partial charge in [0.15, 0.2) is 0 Å². The highest BCUT2D eigenvalue weighted by atomic mass is 35.5. The molecule has 0 spiro atoms. The van der Waals surface area contributed by atoms with E-state index in [2.05, 4.69) is 29.6 Å². The van der Waals surface area contributed by atoms with Gasteiger partial charge in [0.25, 0.3) is 5.91 Å². The molecule has 5 heteroatoms. The lowest BCUT2D eigenvalue weighted by atomic mass is 9.99. The van der Waals surface area contributed by atoms with Crippen LogP contribution in [0.4, 0.5) is 5.69 Å². The number of amides is 1. The van der Waals surface area contributed by atoms with E-state index < -0.39 is 0 Å². The Balaban J connectivity index is 1.40. The molecular formula is C23H21Cl2N2O+. The maximum absolute atomic E-state index is 12.5. The highest BCUT2D eigenvalue weighted by Gasteiger charge is 2.19. The van der Waals surface area contributed by atoms with Crippen LogP contribution >= 0.6 is 23.2 Å². The van der Waals surface area contributed by atoms with E-state index >= 15 is 0 Å². The molecule has 0 aliphatic carbocycles. The molecule has 1 heterocycles. The zero-order valence-electron chi connectivity index (χ0n) is 15.3. The smallest absolute Gasteiger partial charge is 0.255 e. The summed E-state index contributed by atoms with van der Waals surface area (Å²) < 4.78 is 0. The van der Waals surface area contributed by atoms with Gasteiger partial charge in [-0.25, -0.2) is 0 Å². The maximum Gasteiger partial charge on any atom is 0.255 e. The zero-order chi connectivity index (χ0) is 19.5. The Morgan fingerprint density at radius 2 is 1.71 bits per heavy atom. The molecule has 0 aromatic heterocycles. The van der Waals surface area contributed by atoms with E-state index in [1.807, 2.05) is 24.3 Å². The first-order chi connectivity index (χ1) is 13.6. The van der Waals surface area contributed by atoms with Gasteiger partial charge in [-0.3, -0.25) is 4.79 Å².